The van der Waals surface area contributed by atoms with Gasteiger partial charge in [0.15, 0.2) is 0 Å². The third-order valence-corrected chi connectivity index (χ3v) is 3.35. The van der Waals surface area contributed by atoms with Gasteiger partial charge in [-0.2, -0.15) is 0 Å². The van der Waals surface area contributed by atoms with Gasteiger partial charge in [0, 0.05) is 11.6 Å². The van der Waals surface area contributed by atoms with Crippen LogP contribution >= 0.6 is 0 Å². The fourth-order valence-electron chi connectivity index (χ4n) is 2.18. The minimum absolute atomic E-state index is 0.112. The molecule has 0 aliphatic carbocycles. The standard InChI is InChI=1S/C11H16FN.C8H8O2/c1-3-4-11(13)9-7-8(2)5-6-10(9)12;9-8(10)6-7-4-2-1-3-5-7/h5-7,11H,3-4,13H2,1-2H3;1-5H,6H2,(H,9,10). The SMILES string of the molecule is CCCC(N)c1cc(C)ccc1F.O=C(O)Cc1ccccc1. The van der Waals surface area contributed by atoms with Crippen LogP contribution in [-0.2, 0) is 11.2 Å². The molecule has 0 saturated carbocycles. The van der Waals surface area contributed by atoms with Gasteiger partial charge in [-0.25, -0.2) is 4.39 Å². The Hall–Kier alpha value is -2.20. The van der Waals surface area contributed by atoms with E-state index >= 15 is 0 Å². The molecule has 0 aliphatic rings. The number of hydrogen-bond acceptors (Lipinski definition) is 2. The zero-order valence-corrected chi connectivity index (χ0v) is 13.6. The highest BCUT2D eigenvalue weighted by Gasteiger charge is 2.09. The van der Waals surface area contributed by atoms with E-state index in [-0.39, 0.29) is 18.3 Å². The van der Waals surface area contributed by atoms with E-state index in [1.807, 2.05) is 38.1 Å². The van der Waals surface area contributed by atoms with Gasteiger partial charge in [-0.05, 0) is 25.0 Å². The summed E-state index contributed by atoms with van der Waals surface area (Å²) in [6.07, 6.45) is 1.93. The third kappa shape index (κ3) is 7.06. The maximum atomic E-state index is 13.3. The quantitative estimate of drug-likeness (QED) is 0.866. The molecule has 3 nitrogen and oxygen atoms in total. The molecule has 0 radical (unpaired) electrons. The zero-order valence-electron chi connectivity index (χ0n) is 13.6. The molecule has 1 atom stereocenters. The molecule has 0 aliphatic heterocycles. The summed E-state index contributed by atoms with van der Waals surface area (Å²) in [6, 6.07) is 14.0. The second-order valence-electron chi connectivity index (χ2n) is 5.48. The van der Waals surface area contributed by atoms with Gasteiger partial charge in [0.2, 0.25) is 0 Å². The van der Waals surface area contributed by atoms with Crippen molar-refractivity contribution in [2.45, 2.75) is 39.2 Å². The number of carboxylic acid groups (broad SMARTS) is 1. The Morgan fingerprint density at radius 2 is 1.87 bits per heavy atom. The molecule has 2 rings (SSSR count). The second kappa shape index (κ2) is 9.74. The van der Waals surface area contributed by atoms with Crippen molar-refractivity contribution in [1.29, 1.82) is 0 Å². The largest absolute Gasteiger partial charge is 0.481 e. The van der Waals surface area contributed by atoms with Crippen molar-refractivity contribution in [2.75, 3.05) is 0 Å². The Morgan fingerprint density at radius 3 is 2.43 bits per heavy atom. The molecule has 2 aromatic carbocycles. The van der Waals surface area contributed by atoms with E-state index in [2.05, 4.69) is 0 Å². The lowest BCUT2D eigenvalue weighted by molar-refractivity contribution is -0.136. The first-order valence-electron chi connectivity index (χ1n) is 7.71. The topological polar surface area (TPSA) is 63.3 Å². The molecule has 4 heteroatoms. The lowest BCUT2D eigenvalue weighted by Crippen LogP contribution is -2.11. The van der Waals surface area contributed by atoms with Gasteiger partial charge in [0.25, 0.3) is 0 Å². The smallest absolute Gasteiger partial charge is 0.307 e. The van der Waals surface area contributed by atoms with E-state index < -0.39 is 5.97 Å². The molecule has 0 bridgehead atoms. The highest BCUT2D eigenvalue weighted by molar-refractivity contribution is 5.70. The molecule has 3 N–H and O–H groups in total. The molecule has 0 heterocycles. The van der Waals surface area contributed by atoms with Crippen LogP contribution in [0.2, 0.25) is 0 Å². The number of nitrogens with two attached hydrogens (primary N) is 1. The minimum Gasteiger partial charge on any atom is -0.481 e. The summed E-state index contributed by atoms with van der Waals surface area (Å²) in [7, 11) is 0. The molecule has 0 saturated heterocycles. The number of halogens is 1. The molecule has 0 fully saturated rings. The summed E-state index contributed by atoms with van der Waals surface area (Å²) in [6.45, 7) is 4.00. The van der Waals surface area contributed by atoms with Crippen LogP contribution in [0.25, 0.3) is 0 Å². The van der Waals surface area contributed by atoms with Crippen LogP contribution in [-0.4, -0.2) is 11.1 Å². The summed E-state index contributed by atoms with van der Waals surface area (Å²) in [5.74, 6) is -0.974. The Morgan fingerprint density at radius 1 is 1.22 bits per heavy atom. The Labute approximate surface area is 137 Å². The summed E-state index contributed by atoms with van der Waals surface area (Å²) in [4.78, 5) is 10.2. The molecule has 1 unspecified atom stereocenters. The lowest BCUT2D eigenvalue weighted by atomic mass is 10.0. The number of carbonyl (C=O) groups is 1. The Kier molecular flexibility index (Phi) is 7.98. The number of hydrogen-bond donors (Lipinski definition) is 2. The van der Waals surface area contributed by atoms with E-state index in [1.165, 1.54) is 6.07 Å². The molecule has 0 amide bonds. The van der Waals surface area contributed by atoms with E-state index in [4.69, 9.17) is 10.8 Å². The average molecular weight is 317 g/mol. The monoisotopic (exact) mass is 317 g/mol. The summed E-state index contributed by atoms with van der Waals surface area (Å²) < 4.78 is 13.3. The Balaban J connectivity index is 0.000000238. The predicted octanol–water partition coefficient (Wildman–Crippen LogP) is 4.25. The van der Waals surface area contributed by atoms with Crippen molar-refractivity contribution >= 4 is 5.97 Å². The normalized spacial score (nSPS) is 11.3. The van der Waals surface area contributed by atoms with Gasteiger partial charge in [-0.3, -0.25) is 4.79 Å². The molecule has 23 heavy (non-hydrogen) atoms. The molecule has 0 spiro atoms. The van der Waals surface area contributed by atoms with Gasteiger partial charge < -0.3 is 10.8 Å². The average Bonchev–Trinajstić information content (AvgIpc) is 2.51. The molecule has 0 aromatic heterocycles. The predicted molar refractivity (Wildman–Crippen MR) is 90.8 cm³/mol. The minimum atomic E-state index is -0.786. The van der Waals surface area contributed by atoms with Crippen LogP contribution < -0.4 is 5.73 Å². The maximum absolute atomic E-state index is 13.3. The molecular weight excluding hydrogens is 293 g/mol. The fourth-order valence-corrected chi connectivity index (χ4v) is 2.18. The first-order chi connectivity index (χ1) is 10.9. The molecular formula is C19H24FNO2. The van der Waals surface area contributed by atoms with Crippen LogP contribution in [0, 0.1) is 12.7 Å². The van der Waals surface area contributed by atoms with Crippen molar-refractivity contribution in [3.05, 3.63) is 71.0 Å². The lowest BCUT2D eigenvalue weighted by Gasteiger charge is -2.12. The van der Waals surface area contributed by atoms with Gasteiger partial charge in [0.05, 0.1) is 6.42 Å². The van der Waals surface area contributed by atoms with E-state index in [9.17, 15) is 9.18 Å². The van der Waals surface area contributed by atoms with Crippen LogP contribution in [0.4, 0.5) is 4.39 Å². The van der Waals surface area contributed by atoms with Crippen molar-refractivity contribution in [3.63, 3.8) is 0 Å². The molecule has 124 valence electrons. The van der Waals surface area contributed by atoms with Gasteiger partial charge in [-0.15, -0.1) is 0 Å². The molecule has 2 aromatic rings. The second-order valence-corrected chi connectivity index (χ2v) is 5.48. The van der Waals surface area contributed by atoms with Crippen LogP contribution in [0.3, 0.4) is 0 Å². The summed E-state index contributed by atoms with van der Waals surface area (Å²) in [5.41, 5.74) is 8.38. The van der Waals surface area contributed by atoms with E-state index in [0.29, 0.717) is 5.56 Å². The summed E-state index contributed by atoms with van der Waals surface area (Å²) >= 11 is 0. The fraction of sp³-hybridized carbons (Fsp3) is 0.316. The van der Waals surface area contributed by atoms with Crippen LogP contribution in [0.1, 0.15) is 42.5 Å². The highest BCUT2D eigenvalue weighted by atomic mass is 19.1. The van der Waals surface area contributed by atoms with E-state index in [0.717, 1.165) is 24.0 Å². The first kappa shape index (κ1) is 18.8. The van der Waals surface area contributed by atoms with Crippen molar-refractivity contribution in [2.24, 2.45) is 5.73 Å². The van der Waals surface area contributed by atoms with Gasteiger partial charge in [-0.1, -0.05) is 61.4 Å². The van der Waals surface area contributed by atoms with Crippen LogP contribution in [0.5, 0.6) is 0 Å². The number of aliphatic carboxylic acids is 1. The summed E-state index contributed by atoms with van der Waals surface area (Å²) in [5, 5.41) is 8.37. The van der Waals surface area contributed by atoms with Gasteiger partial charge in [0.1, 0.15) is 5.82 Å². The van der Waals surface area contributed by atoms with Crippen molar-refractivity contribution in [3.8, 4) is 0 Å². The number of aryl methyl sites for hydroxylation is 1. The highest BCUT2D eigenvalue weighted by Crippen LogP contribution is 2.20. The number of benzene rings is 2. The number of rotatable bonds is 5. The maximum Gasteiger partial charge on any atom is 0.307 e. The van der Waals surface area contributed by atoms with Crippen molar-refractivity contribution in [1.82, 2.24) is 0 Å². The zero-order chi connectivity index (χ0) is 17.2. The van der Waals surface area contributed by atoms with Crippen LogP contribution in [0.15, 0.2) is 48.5 Å². The van der Waals surface area contributed by atoms with Gasteiger partial charge >= 0.3 is 5.97 Å². The first-order valence-corrected chi connectivity index (χ1v) is 7.71. The third-order valence-electron chi connectivity index (χ3n) is 3.35. The van der Waals surface area contributed by atoms with Crippen molar-refractivity contribution < 1.29 is 14.3 Å². The number of carboxylic acids is 1. The van der Waals surface area contributed by atoms with E-state index in [1.54, 1.807) is 18.2 Å². The Bertz CT molecular complexity index is 614.